The number of para-hydroxylation sites is 1. The minimum atomic E-state index is -3.75. The van der Waals surface area contributed by atoms with E-state index in [-0.39, 0.29) is 11.0 Å². The number of aryl methyl sites for hydroxylation is 1. The van der Waals surface area contributed by atoms with Crippen LogP contribution >= 0.6 is 0 Å². The highest BCUT2D eigenvalue weighted by atomic mass is 32.2. The van der Waals surface area contributed by atoms with Crippen molar-refractivity contribution in [2.45, 2.75) is 30.3 Å². The van der Waals surface area contributed by atoms with Gasteiger partial charge in [0.1, 0.15) is 11.9 Å². The molecule has 0 aromatic heterocycles. The molecule has 2 atom stereocenters. The number of fused-ring (bicyclic) bond motifs is 5. The number of rotatable bonds is 4. The minimum Gasteiger partial charge on any atom is -0.481 e. The molecule has 0 aliphatic carbocycles. The largest absolute Gasteiger partial charge is 0.481 e. The lowest BCUT2D eigenvalue weighted by molar-refractivity contribution is 0.255. The van der Waals surface area contributed by atoms with Gasteiger partial charge in [-0.1, -0.05) is 66.2 Å². The van der Waals surface area contributed by atoms with Gasteiger partial charge in [0.25, 0.3) is 10.0 Å². The average Bonchev–Trinajstić information content (AvgIpc) is 3.03. The third kappa shape index (κ3) is 3.80. The number of likely N-dealkylation sites (N-methyl/N-ethyl adjacent to an activating group) is 1. The van der Waals surface area contributed by atoms with Crippen molar-refractivity contribution in [2.75, 3.05) is 16.7 Å². The SMILES string of the molecule is Cc1ccc(S(=O)(=O)Nc2ccc3c(c2)[C@@]2(C)C(=C[C@H](c4ccccc4)O3)N(C)c3ccccc32)cc1. The van der Waals surface area contributed by atoms with Gasteiger partial charge in [-0.05, 0) is 67.4 Å². The number of benzene rings is 4. The molecule has 4 aromatic rings. The van der Waals surface area contributed by atoms with Crippen molar-refractivity contribution < 1.29 is 13.2 Å². The van der Waals surface area contributed by atoms with Crippen LogP contribution in [0.4, 0.5) is 11.4 Å². The van der Waals surface area contributed by atoms with Crippen LogP contribution in [0.2, 0.25) is 0 Å². The first kappa shape index (κ1) is 23.4. The summed E-state index contributed by atoms with van der Waals surface area (Å²) in [6, 6.07) is 30.9. The molecule has 0 spiro atoms. The van der Waals surface area contributed by atoms with Crippen LogP contribution in [0.5, 0.6) is 5.75 Å². The first-order valence-electron chi connectivity index (χ1n) is 12.3. The van der Waals surface area contributed by atoms with Gasteiger partial charge in [-0.15, -0.1) is 0 Å². The number of hydrogen-bond acceptors (Lipinski definition) is 4. The summed E-state index contributed by atoms with van der Waals surface area (Å²) >= 11 is 0. The predicted molar refractivity (Wildman–Crippen MR) is 148 cm³/mol. The molecule has 0 fully saturated rings. The van der Waals surface area contributed by atoms with E-state index >= 15 is 0 Å². The Bertz CT molecular complexity index is 1630. The van der Waals surface area contributed by atoms with Gasteiger partial charge >= 0.3 is 0 Å². The summed E-state index contributed by atoms with van der Waals surface area (Å²) in [4.78, 5) is 2.44. The molecule has 186 valence electrons. The van der Waals surface area contributed by atoms with Crippen LogP contribution in [-0.2, 0) is 15.4 Å². The second-order valence-corrected chi connectivity index (χ2v) is 11.5. The standard InChI is InChI=1S/C31H28N2O3S/c1-21-13-16-24(17-14-21)37(34,35)32-23-15-18-28-26(19-23)31(2)25-11-7-8-12-27(25)33(3)30(31)20-29(36-28)22-9-5-4-6-10-22/h4-20,29,32H,1-3H3/t29-,31+/m1/s1. The van der Waals surface area contributed by atoms with Gasteiger partial charge < -0.3 is 9.64 Å². The second kappa shape index (κ2) is 8.53. The Morgan fingerprint density at radius 2 is 1.57 bits per heavy atom. The van der Waals surface area contributed by atoms with E-state index in [1.807, 2.05) is 49.4 Å². The predicted octanol–water partition coefficient (Wildman–Crippen LogP) is 6.57. The van der Waals surface area contributed by atoms with Gasteiger partial charge in [0.2, 0.25) is 0 Å². The maximum Gasteiger partial charge on any atom is 0.261 e. The molecule has 0 bridgehead atoms. The molecule has 2 aliphatic rings. The third-order valence-corrected chi connectivity index (χ3v) is 8.87. The summed E-state index contributed by atoms with van der Waals surface area (Å²) in [5.41, 5.74) is 6.31. The maximum atomic E-state index is 13.2. The van der Waals surface area contributed by atoms with Crippen molar-refractivity contribution in [1.82, 2.24) is 0 Å². The molecular formula is C31H28N2O3S. The molecule has 0 unspecified atom stereocenters. The second-order valence-electron chi connectivity index (χ2n) is 9.83. The van der Waals surface area contributed by atoms with E-state index in [0.29, 0.717) is 5.69 Å². The molecule has 4 aromatic carbocycles. The number of hydrogen-bond donors (Lipinski definition) is 1. The van der Waals surface area contributed by atoms with Crippen LogP contribution < -0.4 is 14.4 Å². The molecule has 0 saturated carbocycles. The van der Waals surface area contributed by atoms with E-state index in [1.54, 1.807) is 30.3 Å². The van der Waals surface area contributed by atoms with Crippen molar-refractivity contribution in [3.05, 3.63) is 131 Å². The lowest BCUT2D eigenvalue weighted by atomic mass is 9.75. The van der Waals surface area contributed by atoms with Gasteiger partial charge in [0.05, 0.1) is 10.3 Å². The molecule has 0 saturated heterocycles. The van der Waals surface area contributed by atoms with Gasteiger partial charge in [0.15, 0.2) is 0 Å². The van der Waals surface area contributed by atoms with Crippen molar-refractivity contribution in [2.24, 2.45) is 0 Å². The van der Waals surface area contributed by atoms with Crippen molar-refractivity contribution >= 4 is 21.4 Å². The highest BCUT2D eigenvalue weighted by Crippen LogP contribution is 2.56. The Kier molecular flexibility index (Phi) is 5.39. The van der Waals surface area contributed by atoms with Crippen LogP contribution in [0, 0.1) is 6.92 Å². The van der Waals surface area contributed by atoms with Gasteiger partial charge in [-0.3, -0.25) is 4.72 Å². The Balaban J connectivity index is 1.50. The molecule has 6 heteroatoms. The summed E-state index contributed by atoms with van der Waals surface area (Å²) < 4.78 is 35.8. The average molecular weight is 509 g/mol. The molecule has 0 radical (unpaired) electrons. The van der Waals surface area contributed by atoms with Gasteiger partial charge in [0, 0.05) is 29.7 Å². The molecular weight excluding hydrogens is 480 g/mol. The van der Waals surface area contributed by atoms with E-state index < -0.39 is 15.4 Å². The normalized spacial score (nSPS) is 20.1. The monoisotopic (exact) mass is 508 g/mol. The molecule has 6 rings (SSSR count). The van der Waals surface area contributed by atoms with Gasteiger partial charge in [-0.2, -0.15) is 0 Å². The maximum absolute atomic E-state index is 13.2. The lowest BCUT2D eigenvalue weighted by Crippen LogP contribution is -2.27. The molecule has 2 heterocycles. The number of ether oxygens (including phenoxy) is 1. The lowest BCUT2D eigenvalue weighted by Gasteiger charge is -2.29. The smallest absolute Gasteiger partial charge is 0.261 e. The third-order valence-electron chi connectivity index (χ3n) is 7.47. The highest BCUT2D eigenvalue weighted by molar-refractivity contribution is 7.92. The first-order chi connectivity index (χ1) is 17.8. The highest BCUT2D eigenvalue weighted by Gasteiger charge is 2.47. The minimum absolute atomic E-state index is 0.228. The molecule has 0 amide bonds. The Labute approximate surface area is 218 Å². The fourth-order valence-electron chi connectivity index (χ4n) is 5.49. The van der Waals surface area contributed by atoms with E-state index in [2.05, 4.69) is 53.9 Å². The topological polar surface area (TPSA) is 58.6 Å². The van der Waals surface area contributed by atoms with Crippen molar-refractivity contribution in [3.63, 3.8) is 0 Å². The Hall–Kier alpha value is -4.03. The summed E-state index contributed by atoms with van der Waals surface area (Å²) in [6.07, 6.45) is 1.90. The number of nitrogens with one attached hydrogen (secondary N) is 1. The number of anilines is 2. The van der Waals surface area contributed by atoms with Crippen LogP contribution in [0.3, 0.4) is 0 Å². The zero-order valence-electron chi connectivity index (χ0n) is 21.0. The van der Waals surface area contributed by atoms with E-state index in [4.69, 9.17) is 4.74 Å². The number of nitrogens with zero attached hydrogens (tertiary/aromatic N) is 1. The van der Waals surface area contributed by atoms with Crippen molar-refractivity contribution in [1.29, 1.82) is 0 Å². The fourth-order valence-corrected chi connectivity index (χ4v) is 6.54. The van der Waals surface area contributed by atoms with Crippen LogP contribution in [0.1, 0.15) is 35.3 Å². The van der Waals surface area contributed by atoms with E-state index in [1.165, 1.54) is 0 Å². The molecule has 1 N–H and O–H groups in total. The summed E-state index contributed by atoms with van der Waals surface area (Å²) in [7, 11) is -1.67. The van der Waals surface area contributed by atoms with Crippen LogP contribution in [-0.4, -0.2) is 15.5 Å². The summed E-state index contributed by atoms with van der Waals surface area (Å²) in [6.45, 7) is 4.12. The molecule has 2 aliphatic heterocycles. The first-order valence-corrected chi connectivity index (χ1v) is 13.8. The van der Waals surface area contributed by atoms with Crippen LogP contribution in [0.15, 0.2) is 114 Å². The Morgan fingerprint density at radius 3 is 2.32 bits per heavy atom. The van der Waals surface area contributed by atoms with E-state index in [0.717, 1.165) is 39.4 Å². The molecule has 37 heavy (non-hydrogen) atoms. The number of sulfonamides is 1. The van der Waals surface area contributed by atoms with Gasteiger partial charge in [-0.25, -0.2) is 8.42 Å². The molecule has 5 nitrogen and oxygen atoms in total. The zero-order chi connectivity index (χ0) is 25.8. The quantitative estimate of drug-likeness (QED) is 0.339. The number of allylic oxidation sites excluding steroid dienone is 1. The Morgan fingerprint density at radius 1 is 0.865 bits per heavy atom. The zero-order valence-corrected chi connectivity index (χ0v) is 21.8. The van der Waals surface area contributed by atoms with E-state index in [9.17, 15) is 8.42 Å². The van der Waals surface area contributed by atoms with Crippen molar-refractivity contribution in [3.8, 4) is 5.75 Å². The summed E-state index contributed by atoms with van der Waals surface area (Å²) in [5.74, 6) is 0.728. The fraction of sp³-hybridized carbons (Fsp3) is 0.161. The summed E-state index contributed by atoms with van der Waals surface area (Å²) in [5, 5.41) is 0. The van der Waals surface area contributed by atoms with Crippen LogP contribution in [0.25, 0.3) is 0 Å².